The van der Waals surface area contributed by atoms with E-state index in [2.05, 4.69) is 41.0 Å². The summed E-state index contributed by atoms with van der Waals surface area (Å²) in [5.41, 5.74) is 1.19. The Morgan fingerprint density at radius 1 is 1.11 bits per heavy atom. The maximum absolute atomic E-state index is 13.1. The second kappa shape index (κ2) is 7.31. The number of rotatable bonds is 5. The van der Waals surface area contributed by atoms with Crippen molar-refractivity contribution in [2.45, 2.75) is 45.1 Å². The van der Waals surface area contributed by atoms with Crippen LogP contribution in [0, 0.1) is 18.8 Å². The molecule has 3 heterocycles. The van der Waals surface area contributed by atoms with Crippen molar-refractivity contribution in [3.63, 3.8) is 0 Å². The zero-order valence-electron chi connectivity index (χ0n) is 16.3. The largest absolute Gasteiger partial charge is 0.303 e. The molecule has 2 atom stereocenters. The van der Waals surface area contributed by atoms with E-state index in [0.29, 0.717) is 11.7 Å². The second-order valence-corrected chi connectivity index (χ2v) is 9.85. The monoisotopic (exact) mass is 382 g/mol. The van der Waals surface area contributed by atoms with Gasteiger partial charge in [0.05, 0.1) is 4.88 Å². The molecule has 0 bridgehead atoms. The van der Waals surface area contributed by atoms with Gasteiger partial charge in [-0.2, -0.15) is 0 Å². The summed E-state index contributed by atoms with van der Waals surface area (Å²) in [6.07, 6.45) is 6.52. The highest BCUT2D eigenvalue weighted by Gasteiger charge is 2.45. The van der Waals surface area contributed by atoms with Gasteiger partial charge in [-0.15, -0.1) is 11.3 Å². The van der Waals surface area contributed by atoms with Crippen molar-refractivity contribution >= 4 is 27.2 Å². The molecule has 5 rings (SSSR count). The predicted molar refractivity (Wildman–Crippen MR) is 113 cm³/mol. The van der Waals surface area contributed by atoms with Crippen molar-refractivity contribution < 1.29 is 4.79 Å². The van der Waals surface area contributed by atoms with E-state index < -0.39 is 0 Å². The predicted octanol–water partition coefficient (Wildman–Crippen LogP) is 4.59. The average molecular weight is 383 g/mol. The number of thiophene rings is 1. The number of aryl methyl sites for hydroxylation is 1. The minimum Gasteiger partial charge on any atom is -0.303 e. The van der Waals surface area contributed by atoms with E-state index in [1.807, 2.05) is 0 Å². The molecule has 1 saturated carbocycles. The third-order valence-corrected chi connectivity index (χ3v) is 8.32. The number of piperidine rings is 1. The second-order valence-electron chi connectivity index (χ2n) is 8.79. The van der Waals surface area contributed by atoms with Crippen LogP contribution in [-0.4, -0.2) is 54.3 Å². The molecule has 1 aromatic heterocycles. The summed E-state index contributed by atoms with van der Waals surface area (Å²) in [6, 6.07) is 9.24. The SMILES string of the molecule is Cc1c(C(=O)[C@@H]2C[C@H]2CN2CCC(N3CCCC3)CC2)sc2ccccc12. The first-order valence-electron chi connectivity index (χ1n) is 10.7. The van der Waals surface area contributed by atoms with Gasteiger partial charge in [-0.25, -0.2) is 0 Å². The molecular weight excluding hydrogens is 352 g/mol. The Morgan fingerprint density at radius 2 is 1.85 bits per heavy atom. The van der Waals surface area contributed by atoms with E-state index >= 15 is 0 Å². The molecule has 27 heavy (non-hydrogen) atoms. The summed E-state index contributed by atoms with van der Waals surface area (Å²) in [6.45, 7) is 8.33. The molecule has 0 N–H and O–H groups in total. The normalized spacial score (nSPS) is 27.4. The number of Topliss-reactive ketones (excluding diaryl/α,β-unsaturated/α-hetero) is 1. The molecule has 3 nitrogen and oxygen atoms in total. The summed E-state index contributed by atoms with van der Waals surface area (Å²) >= 11 is 1.69. The van der Waals surface area contributed by atoms with Gasteiger partial charge in [0.2, 0.25) is 0 Å². The van der Waals surface area contributed by atoms with Crippen LogP contribution in [0.5, 0.6) is 0 Å². The lowest BCUT2D eigenvalue weighted by Gasteiger charge is -2.36. The minimum absolute atomic E-state index is 0.271. The van der Waals surface area contributed by atoms with Crippen LogP contribution in [0.3, 0.4) is 0 Å². The molecule has 3 fully saturated rings. The maximum Gasteiger partial charge on any atom is 0.176 e. The number of likely N-dealkylation sites (tertiary alicyclic amines) is 2. The van der Waals surface area contributed by atoms with E-state index in [-0.39, 0.29) is 5.92 Å². The quantitative estimate of drug-likeness (QED) is 0.707. The molecule has 0 radical (unpaired) electrons. The van der Waals surface area contributed by atoms with Crippen molar-refractivity contribution in [1.29, 1.82) is 0 Å². The number of hydrogen-bond donors (Lipinski definition) is 0. The van der Waals surface area contributed by atoms with Crippen LogP contribution >= 0.6 is 11.3 Å². The van der Waals surface area contributed by atoms with Crippen LogP contribution in [0.25, 0.3) is 10.1 Å². The summed E-state index contributed by atoms with van der Waals surface area (Å²) in [7, 11) is 0. The zero-order valence-corrected chi connectivity index (χ0v) is 17.1. The zero-order chi connectivity index (χ0) is 18.4. The van der Waals surface area contributed by atoms with Gasteiger partial charge >= 0.3 is 0 Å². The lowest BCUT2D eigenvalue weighted by Crippen LogP contribution is -2.44. The lowest BCUT2D eigenvalue weighted by atomic mass is 10.0. The Labute approximate surface area is 166 Å². The molecule has 2 aliphatic heterocycles. The molecule has 1 aliphatic carbocycles. The highest BCUT2D eigenvalue weighted by atomic mass is 32.1. The summed E-state index contributed by atoms with van der Waals surface area (Å²) in [5, 5.41) is 1.26. The van der Waals surface area contributed by atoms with Gasteiger partial charge in [0.15, 0.2) is 5.78 Å². The summed E-state index contributed by atoms with van der Waals surface area (Å²) < 4.78 is 1.25. The van der Waals surface area contributed by atoms with Crippen LogP contribution in [0.1, 0.15) is 47.3 Å². The fourth-order valence-corrected chi connectivity index (χ4v) is 6.47. The number of fused-ring (bicyclic) bond motifs is 1. The molecule has 0 amide bonds. The first kappa shape index (κ1) is 17.8. The fourth-order valence-electron chi connectivity index (χ4n) is 5.25. The highest BCUT2D eigenvalue weighted by molar-refractivity contribution is 7.21. The third kappa shape index (κ3) is 3.48. The van der Waals surface area contributed by atoms with Crippen LogP contribution in [0.2, 0.25) is 0 Å². The molecule has 0 spiro atoms. The number of hydrogen-bond acceptors (Lipinski definition) is 4. The van der Waals surface area contributed by atoms with E-state index in [1.165, 1.54) is 67.5 Å². The van der Waals surface area contributed by atoms with Gasteiger partial charge in [0, 0.05) is 23.2 Å². The maximum atomic E-state index is 13.1. The number of ketones is 1. The van der Waals surface area contributed by atoms with Crippen molar-refractivity contribution in [2.75, 3.05) is 32.7 Å². The first-order chi connectivity index (χ1) is 13.2. The molecule has 3 aliphatic rings. The van der Waals surface area contributed by atoms with Gasteiger partial charge in [-0.05, 0) is 88.1 Å². The topological polar surface area (TPSA) is 23.6 Å². The Hall–Kier alpha value is -1.23. The average Bonchev–Trinajstić information content (AvgIpc) is 3.11. The molecule has 144 valence electrons. The summed E-state index contributed by atoms with van der Waals surface area (Å²) in [5.74, 6) is 1.27. The van der Waals surface area contributed by atoms with E-state index in [9.17, 15) is 4.79 Å². The molecule has 0 unspecified atom stereocenters. The number of carbonyl (C=O) groups excluding carboxylic acids is 1. The van der Waals surface area contributed by atoms with Crippen molar-refractivity contribution in [1.82, 2.24) is 9.80 Å². The van der Waals surface area contributed by atoms with Crippen LogP contribution in [-0.2, 0) is 0 Å². The molecule has 1 aromatic carbocycles. The third-order valence-electron chi connectivity index (χ3n) is 7.03. The highest BCUT2D eigenvalue weighted by Crippen LogP contribution is 2.44. The van der Waals surface area contributed by atoms with Gasteiger partial charge in [0.1, 0.15) is 0 Å². The van der Waals surface area contributed by atoms with E-state index in [4.69, 9.17) is 0 Å². The van der Waals surface area contributed by atoms with Crippen molar-refractivity contribution in [3.8, 4) is 0 Å². The molecule has 4 heteroatoms. The van der Waals surface area contributed by atoms with Crippen molar-refractivity contribution in [2.24, 2.45) is 11.8 Å². The summed E-state index contributed by atoms with van der Waals surface area (Å²) in [4.78, 5) is 19.4. The van der Waals surface area contributed by atoms with Gasteiger partial charge < -0.3 is 9.80 Å². The molecule has 2 aromatic rings. The fraction of sp³-hybridized carbons (Fsp3) is 0.609. The standard InChI is InChI=1S/C23H30N2OS/c1-16-19-6-2-3-7-21(19)27-23(16)22(26)20-14-17(20)15-24-12-8-18(9-13-24)25-10-4-5-11-25/h2-3,6-7,17-18,20H,4-5,8-15H2,1H3/t17-,20+/m0/s1. The van der Waals surface area contributed by atoms with Crippen LogP contribution in [0.15, 0.2) is 24.3 Å². The van der Waals surface area contributed by atoms with Crippen LogP contribution < -0.4 is 0 Å². The Bertz CT molecular complexity index is 830. The minimum atomic E-state index is 0.271. The Morgan fingerprint density at radius 3 is 2.59 bits per heavy atom. The molecular formula is C23H30N2OS. The number of carbonyl (C=O) groups is 1. The smallest absolute Gasteiger partial charge is 0.176 e. The van der Waals surface area contributed by atoms with E-state index in [1.54, 1.807) is 11.3 Å². The van der Waals surface area contributed by atoms with Gasteiger partial charge in [-0.1, -0.05) is 18.2 Å². The van der Waals surface area contributed by atoms with Gasteiger partial charge in [0.25, 0.3) is 0 Å². The number of benzene rings is 1. The van der Waals surface area contributed by atoms with Crippen molar-refractivity contribution in [3.05, 3.63) is 34.7 Å². The number of nitrogens with zero attached hydrogens (tertiary/aromatic N) is 2. The molecule has 2 saturated heterocycles. The Kier molecular flexibility index (Phi) is 4.83. The van der Waals surface area contributed by atoms with Gasteiger partial charge in [-0.3, -0.25) is 4.79 Å². The lowest BCUT2D eigenvalue weighted by molar-refractivity contribution is 0.0949. The Balaban J connectivity index is 1.16. The first-order valence-corrected chi connectivity index (χ1v) is 11.5. The van der Waals surface area contributed by atoms with Crippen LogP contribution in [0.4, 0.5) is 0 Å². The van der Waals surface area contributed by atoms with E-state index in [0.717, 1.165) is 23.9 Å².